The molecule has 0 radical (unpaired) electrons. The molecule has 0 aromatic heterocycles. The van der Waals surface area contributed by atoms with Crippen molar-refractivity contribution < 1.29 is 17.9 Å². The Balaban J connectivity index is 1.55. The van der Waals surface area contributed by atoms with Crippen LogP contribution in [0.2, 0.25) is 0 Å². The summed E-state index contributed by atoms with van der Waals surface area (Å²) in [6.07, 6.45) is 2.25. The Bertz CT molecular complexity index is 998. The molecule has 8 heteroatoms. The number of hydrogen-bond donors (Lipinski definition) is 2. The molecule has 1 saturated heterocycles. The highest BCUT2D eigenvalue weighted by Gasteiger charge is 2.17. The van der Waals surface area contributed by atoms with Gasteiger partial charge >= 0.3 is 0 Å². The van der Waals surface area contributed by atoms with Crippen LogP contribution in [0.1, 0.15) is 23.1 Å². The fraction of sp³-hybridized carbons (Fsp3) is 0.435. The lowest BCUT2D eigenvalue weighted by atomic mass is 10.1. The van der Waals surface area contributed by atoms with Gasteiger partial charge in [-0.3, -0.25) is 4.99 Å². The molecule has 0 bridgehead atoms. The maximum atomic E-state index is 11.6. The predicted octanol–water partition coefficient (Wildman–Crippen LogP) is 2.68. The predicted molar refractivity (Wildman–Crippen MR) is 122 cm³/mol. The molecule has 1 fully saturated rings. The van der Waals surface area contributed by atoms with Crippen LogP contribution in [0.15, 0.2) is 52.4 Å². The molecule has 1 heterocycles. The molecule has 1 unspecified atom stereocenters. The Kier molecular flexibility index (Phi) is 7.92. The summed E-state index contributed by atoms with van der Waals surface area (Å²) >= 11 is 0. The van der Waals surface area contributed by atoms with E-state index in [1.54, 1.807) is 31.3 Å². The smallest absolute Gasteiger partial charge is 0.191 e. The number of ether oxygens (including phenoxy) is 2. The molecule has 168 valence electrons. The monoisotopic (exact) mass is 445 g/mol. The van der Waals surface area contributed by atoms with Crippen LogP contribution < -0.4 is 15.4 Å². The van der Waals surface area contributed by atoms with E-state index in [2.05, 4.69) is 40.7 Å². The first-order valence-corrected chi connectivity index (χ1v) is 12.3. The standard InChI is InChI=1S/C23H31N3O4S/c1-17-4-7-20(22(12-17)30-16-19-10-11-29-15-19)14-26-23(24-2)25-13-18-5-8-21(9-6-18)31(3,27)28/h4-9,12,19H,10-11,13-16H2,1-3H3,(H2,24,25,26). The van der Waals surface area contributed by atoms with E-state index in [1.807, 2.05) is 0 Å². The van der Waals surface area contributed by atoms with Crippen LogP contribution in [0.25, 0.3) is 0 Å². The third-order valence-electron chi connectivity index (χ3n) is 5.20. The van der Waals surface area contributed by atoms with Crippen molar-refractivity contribution in [1.82, 2.24) is 10.6 Å². The van der Waals surface area contributed by atoms with Crippen molar-refractivity contribution in [3.63, 3.8) is 0 Å². The second-order valence-corrected chi connectivity index (χ2v) is 9.86. The van der Waals surface area contributed by atoms with Crippen LogP contribution in [-0.2, 0) is 27.7 Å². The highest BCUT2D eigenvalue weighted by atomic mass is 32.2. The number of benzene rings is 2. The number of sulfone groups is 1. The fourth-order valence-corrected chi connectivity index (χ4v) is 3.93. The first-order chi connectivity index (χ1) is 14.8. The molecule has 0 aliphatic carbocycles. The van der Waals surface area contributed by atoms with Crippen LogP contribution in [0.3, 0.4) is 0 Å². The molecule has 31 heavy (non-hydrogen) atoms. The quantitative estimate of drug-likeness (QED) is 0.480. The van der Waals surface area contributed by atoms with Crippen molar-refractivity contribution in [1.29, 1.82) is 0 Å². The second-order valence-electron chi connectivity index (χ2n) is 7.85. The zero-order valence-corrected chi connectivity index (χ0v) is 19.2. The van der Waals surface area contributed by atoms with Crippen LogP contribution in [0.4, 0.5) is 0 Å². The van der Waals surface area contributed by atoms with E-state index in [9.17, 15) is 8.42 Å². The van der Waals surface area contributed by atoms with Crippen molar-refractivity contribution in [2.45, 2.75) is 31.3 Å². The molecule has 0 spiro atoms. The number of rotatable bonds is 8. The summed E-state index contributed by atoms with van der Waals surface area (Å²) in [5.74, 6) is 1.99. The number of nitrogens with one attached hydrogen (secondary N) is 2. The lowest BCUT2D eigenvalue weighted by molar-refractivity contribution is 0.166. The van der Waals surface area contributed by atoms with Gasteiger partial charge in [0, 0.05) is 44.5 Å². The lowest BCUT2D eigenvalue weighted by Gasteiger charge is -2.17. The Hall–Kier alpha value is -2.58. The minimum absolute atomic E-state index is 0.315. The van der Waals surface area contributed by atoms with E-state index < -0.39 is 9.84 Å². The maximum absolute atomic E-state index is 11.6. The van der Waals surface area contributed by atoms with Crippen LogP contribution >= 0.6 is 0 Å². The summed E-state index contributed by atoms with van der Waals surface area (Å²) in [6, 6.07) is 13.0. The van der Waals surface area contributed by atoms with E-state index in [4.69, 9.17) is 9.47 Å². The third kappa shape index (κ3) is 6.97. The van der Waals surface area contributed by atoms with Gasteiger partial charge < -0.3 is 20.1 Å². The molecule has 1 atom stereocenters. The van der Waals surface area contributed by atoms with Gasteiger partial charge in [0.05, 0.1) is 18.1 Å². The number of hydrogen-bond acceptors (Lipinski definition) is 5. The molecular formula is C23H31N3O4S. The summed E-state index contributed by atoms with van der Waals surface area (Å²) in [4.78, 5) is 4.59. The van der Waals surface area contributed by atoms with Crippen molar-refractivity contribution in [3.05, 3.63) is 59.2 Å². The molecular weight excluding hydrogens is 414 g/mol. The molecule has 0 amide bonds. The van der Waals surface area contributed by atoms with Gasteiger partial charge in [-0.1, -0.05) is 24.3 Å². The molecule has 2 N–H and O–H groups in total. The normalized spacial score (nSPS) is 16.9. The fourth-order valence-electron chi connectivity index (χ4n) is 3.30. The van der Waals surface area contributed by atoms with Crippen molar-refractivity contribution in [2.75, 3.05) is 33.1 Å². The summed E-state index contributed by atoms with van der Waals surface area (Å²) in [6.45, 7) is 5.40. The molecule has 0 saturated carbocycles. The molecule has 7 nitrogen and oxygen atoms in total. The van der Waals surface area contributed by atoms with Gasteiger partial charge in [0.1, 0.15) is 5.75 Å². The third-order valence-corrected chi connectivity index (χ3v) is 6.33. The van der Waals surface area contributed by atoms with Gasteiger partial charge in [-0.05, 0) is 42.7 Å². The van der Waals surface area contributed by atoms with E-state index in [1.165, 1.54) is 6.26 Å². The van der Waals surface area contributed by atoms with E-state index in [0.29, 0.717) is 36.5 Å². The molecule has 3 rings (SSSR count). The number of aliphatic imine (C=N–C) groups is 1. The van der Waals surface area contributed by atoms with E-state index in [-0.39, 0.29) is 0 Å². The molecule has 2 aromatic carbocycles. The zero-order chi connectivity index (χ0) is 22.3. The van der Waals surface area contributed by atoms with Crippen molar-refractivity contribution in [3.8, 4) is 5.75 Å². The number of aryl methyl sites for hydroxylation is 1. The lowest BCUT2D eigenvalue weighted by Crippen LogP contribution is -2.36. The van der Waals surface area contributed by atoms with Crippen molar-refractivity contribution >= 4 is 15.8 Å². The van der Waals surface area contributed by atoms with Crippen LogP contribution in [0, 0.1) is 12.8 Å². The van der Waals surface area contributed by atoms with Gasteiger partial charge in [0.2, 0.25) is 0 Å². The first-order valence-electron chi connectivity index (χ1n) is 10.4. The highest BCUT2D eigenvalue weighted by Crippen LogP contribution is 2.22. The van der Waals surface area contributed by atoms with Crippen molar-refractivity contribution in [2.24, 2.45) is 10.9 Å². The minimum atomic E-state index is -3.19. The highest BCUT2D eigenvalue weighted by molar-refractivity contribution is 7.90. The topological polar surface area (TPSA) is 89.0 Å². The largest absolute Gasteiger partial charge is 0.493 e. The minimum Gasteiger partial charge on any atom is -0.493 e. The average molecular weight is 446 g/mol. The van der Waals surface area contributed by atoms with Gasteiger partial charge in [0.25, 0.3) is 0 Å². The average Bonchev–Trinajstić information content (AvgIpc) is 3.27. The van der Waals surface area contributed by atoms with E-state index in [0.717, 1.165) is 42.1 Å². The molecule has 1 aliphatic heterocycles. The summed E-state index contributed by atoms with van der Waals surface area (Å²) < 4.78 is 34.7. The molecule has 2 aromatic rings. The first kappa shape index (κ1) is 23.1. The Labute approximate surface area is 184 Å². The van der Waals surface area contributed by atoms with Gasteiger partial charge in [0.15, 0.2) is 15.8 Å². The second kappa shape index (κ2) is 10.6. The van der Waals surface area contributed by atoms with Crippen LogP contribution in [-0.4, -0.2) is 47.5 Å². The Morgan fingerprint density at radius 2 is 1.90 bits per heavy atom. The SMILES string of the molecule is CN=C(NCc1ccc(S(C)(=O)=O)cc1)NCc1ccc(C)cc1OCC1CCOC1. The summed E-state index contributed by atoms with van der Waals surface area (Å²) in [5.41, 5.74) is 3.18. The maximum Gasteiger partial charge on any atom is 0.191 e. The number of nitrogens with zero attached hydrogens (tertiary/aromatic N) is 1. The van der Waals surface area contributed by atoms with Gasteiger partial charge in [-0.15, -0.1) is 0 Å². The van der Waals surface area contributed by atoms with Gasteiger partial charge in [-0.2, -0.15) is 0 Å². The Morgan fingerprint density at radius 1 is 1.16 bits per heavy atom. The van der Waals surface area contributed by atoms with Gasteiger partial charge in [-0.25, -0.2) is 8.42 Å². The zero-order valence-electron chi connectivity index (χ0n) is 18.3. The van der Waals surface area contributed by atoms with Crippen LogP contribution in [0.5, 0.6) is 5.75 Å². The van der Waals surface area contributed by atoms with E-state index >= 15 is 0 Å². The number of guanidine groups is 1. The Morgan fingerprint density at radius 3 is 2.55 bits per heavy atom. The molecule has 1 aliphatic rings. The summed E-state index contributed by atoms with van der Waals surface area (Å²) in [7, 11) is -1.47. The summed E-state index contributed by atoms with van der Waals surface area (Å²) in [5, 5.41) is 6.57.